The molecule has 0 spiro atoms. The SMILES string of the molecule is CC[C@@H]1CCCN(C(=O)OC(C)(C)C)C1c1nc2ccc(B3OC(C)(C)C(C)(C)O3)cc2n1C(C)=O. The number of imidazole rings is 1. The number of amides is 1. The molecule has 2 fully saturated rings. The van der Waals surface area contributed by atoms with Gasteiger partial charge in [0.2, 0.25) is 5.91 Å². The molecule has 2 atom stereocenters. The smallest absolute Gasteiger partial charge is 0.444 e. The minimum Gasteiger partial charge on any atom is -0.444 e. The molecule has 196 valence electrons. The molecule has 1 aromatic carbocycles. The van der Waals surface area contributed by atoms with Crippen molar-refractivity contribution in [2.24, 2.45) is 5.92 Å². The zero-order valence-electron chi connectivity index (χ0n) is 23.2. The highest BCUT2D eigenvalue weighted by Gasteiger charge is 2.52. The van der Waals surface area contributed by atoms with E-state index in [1.165, 1.54) is 6.92 Å². The highest BCUT2D eigenvalue weighted by atomic mass is 16.7. The molecule has 0 N–H and O–H groups in total. The van der Waals surface area contributed by atoms with Gasteiger partial charge in [0.25, 0.3) is 0 Å². The summed E-state index contributed by atoms with van der Waals surface area (Å²) in [7, 11) is -0.547. The van der Waals surface area contributed by atoms with Crippen LogP contribution in [0.4, 0.5) is 4.79 Å². The van der Waals surface area contributed by atoms with Crippen LogP contribution in [0.15, 0.2) is 18.2 Å². The zero-order chi connectivity index (χ0) is 26.6. The zero-order valence-corrected chi connectivity index (χ0v) is 23.2. The number of fused-ring (bicyclic) bond motifs is 1. The van der Waals surface area contributed by atoms with Crippen molar-refractivity contribution in [3.05, 3.63) is 24.0 Å². The Morgan fingerprint density at radius 2 is 1.81 bits per heavy atom. The second kappa shape index (κ2) is 9.17. The van der Waals surface area contributed by atoms with Crippen molar-refractivity contribution in [3.8, 4) is 0 Å². The number of carbonyl (C=O) groups is 2. The number of aromatic nitrogens is 2. The van der Waals surface area contributed by atoms with Gasteiger partial charge >= 0.3 is 13.2 Å². The Kier molecular flexibility index (Phi) is 6.80. The van der Waals surface area contributed by atoms with Crippen molar-refractivity contribution >= 4 is 35.6 Å². The maximum Gasteiger partial charge on any atom is 0.494 e. The number of hydrogen-bond donors (Lipinski definition) is 0. The molecule has 0 saturated carbocycles. The quantitative estimate of drug-likeness (QED) is 0.550. The van der Waals surface area contributed by atoms with E-state index in [2.05, 4.69) is 6.92 Å². The van der Waals surface area contributed by atoms with Gasteiger partial charge in [-0.3, -0.25) is 14.3 Å². The summed E-state index contributed by atoms with van der Waals surface area (Å²) in [6.45, 7) is 17.9. The predicted molar refractivity (Wildman–Crippen MR) is 140 cm³/mol. The first-order chi connectivity index (χ1) is 16.6. The summed E-state index contributed by atoms with van der Waals surface area (Å²) in [4.78, 5) is 33.0. The molecule has 1 unspecified atom stereocenters. The molecule has 2 aliphatic heterocycles. The number of hydrogen-bond acceptors (Lipinski definition) is 6. The van der Waals surface area contributed by atoms with Gasteiger partial charge in [-0.25, -0.2) is 9.78 Å². The lowest BCUT2D eigenvalue weighted by Gasteiger charge is -2.41. The van der Waals surface area contributed by atoms with Crippen molar-refractivity contribution < 1.29 is 23.6 Å². The molecule has 8 nitrogen and oxygen atoms in total. The van der Waals surface area contributed by atoms with Gasteiger partial charge in [-0.05, 0) is 84.8 Å². The third-order valence-corrected chi connectivity index (χ3v) is 7.72. The lowest BCUT2D eigenvalue weighted by Crippen LogP contribution is -2.46. The second-order valence-electron chi connectivity index (χ2n) is 12.1. The Balaban J connectivity index is 1.80. The number of nitrogens with zero attached hydrogens (tertiary/aromatic N) is 3. The average Bonchev–Trinajstić information content (AvgIpc) is 3.24. The van der Waals surface area contributed by atoms with Crippen LogP contribution >= 0.6 is 0 Å². The fourth-order valence-corrected chi connectivity index (χ4v) is 5.14. The molecule has 3 heterocycles. The highest BCUT2D eigenvalue weighted by Crippen LogP contribution is 2.40. The van der Waals surface area contributed by atoms with Gasteiger partial charge in [0.15, 0.2) is 0 Å². The van der Waals surface area contributed by atoms with E-state index in [0.717, 1.165) is 24.7 Å². The van der Waals surface area contributed by atoms with Crippen LogP contribution in [-0.4, -0.2) is 56.9 Å². The topological polar surface area (TPSA) is 82.9 Å². The molecular weight excluding hydrogens is 457 g/mol. The number of piperidine rings is 1. The third kappa shape index (κ3) is 4.79. The molecule has 0 aliphatic carbocycles. The van der Waals surface area contributed by atoms with Crippen LogP contribution in [0.2, 0.25) is 0 Å². The molecule has 4 rings (SSSR count). The van der Waals surface area contributed by atoms with Gasteiger partial charge in [0.1, 0.15) is 11.4 Å². The van der Waals surface area contributed by atoms with E-state index in [4.69, 9.17) is 19.0 Å². The van der Waals surface area contributed by atoms with Crippen LogP contribution in [0.3, 0.4) is 0 Å². The Morgan fingerprint density at radius 3 is 2.36 bits per heavy atom. The summed E-state index contributed by atoms with van der Waals surface area (Å²) in [5.74, 6) is 0.604. The van der Waals surface area contributed by atoms with Gasteiger partial charge < -0.3 is 14.0 Å². The Labute approximate surface area is 214 Å². The first kappa shape index (κ1) is 26.7. The number of likely N-dealkylation sites (tertiary alicyclic amines) is 1. The number of rotatable bonds is 3. The van der Waals surface area contributed by atoms with Gasteiger partial charge in [-0.2, -0.15) is 0 Å². The average molecular weight is 497 g/mol. The summed E-state index contributed by atoms with van der Waals surface area (Å²) < 4.78 is 19.9. The van der Waals surface area contributed by atoms with E-state index in [1.54, 1.807) is 9.47 Å². The standard InChI is InChI=1S/C27H40BN3O5/c1-10-18-12-11-15-30(24(33)34-25(3,4)5)22(18)23-29-20-14-13-19(16-21(20)31(23)17(2)32)28-35-26(6,7)27(8,9)36-28/h13-14,16,18,22H,10-12,15H2,1-9H3/t18-,22?/m1/s1. The number of carbonyl (C=O) groups excluding carboxylic acids is 2. The maximum absolute atomic E-state index is 13.3. The molecule has 2 aromatic rings. The fourth-order valence-electron chi connectivity index (χ4n) is 5.14. The Bertz CT molecular complexity index is 1150. The molecule has 9 heteroatoms. The van der Waals surface area contributed by atoms with Crippen LogP contribution in [-0.2, 0) is 14.0 Å². The Morgan fingerprint density at radius 1 is 1.17 bits per heavy atom. The van der Waals surface area contributed by atoms with E-state index in [0.29, 0.717) is 23.4 Å². The summed E-state index contributed by atoms with van der Waals surface area (Å²) >= 11 is 0. The van der Waals surface area contributed by atoms with E-state index in [-0.39, 0.29) is 24.0 Å². The van der Waals surface area contributed by atoms with Crippen molar-refractivity contribution in [2.75, 3.05) is 6.54 Å². The minimum atomic E-state index is -0.612. The van der Waals surface area contributed by atoms with Gasteiger partial charge in [-0.15, -0.1) is 0 Å². The lowest BCUT2D eigenvalue weighted by atomic mass is 9.79. The van der Waals surface area contributed by atoms with Crippen molar-refractivity contribution in [1.29, 1.82) is 0 Å². The van der Waals surface area contributed by atoms with Gasteiger partial charge in [0.05, 0.1) is 28.3 Å². The summed E-state index contributed by atoms with van der Waals surface area (Å²) in [6, 6.07) is 5.42. The molecule has 2 aliphatic rings. The second-order valence-corrected chi connectivity index (χ2v) is 12.1. The molecule has 36 heavy (non-hydrogen) atoms. The largest absolute Gasteiger partial charge is 0.494 e. The van der Waals surface area contributed by atoms with E-state index >= 15 is 0 Å². The first-order valence-electron chi connectivity index (χ1n) is 13.0. The van der Waals surface area contributed by atoms with Gasteiger partial charge in [0, 0.05) is 13.5 Å². The molecule has 0 radical (unpaired) electrons. The summed E-state index contributed by atoms with van der Waals surface area (Å²) in [5, 5.41) is 0. The summed E-state index contributed by atoms with van der Waals surface area (Å²) in [5.41, 5.74) is 0.666. The van der Waals surface area contributed by atoms with Crippen molar-refractivity contribution in [3.63, 3.8) is 0 Å². The number of benzene rings is 1. The van der Waals surface area contributed by atoms with Crippen LogP contribution in [0, 0.1) is 5.92 Å². The monoisotopic (exact) mass is 497 g/mol. The van der Waals surface area contributed by atoms with Crippen LogP contribution in [0.1, 0.15) is 98.2 Å². The maximum atomic E-state index is 13.3. The van der Waals surface area contributed by atoms with Crippen LogP contribution in [0.5, 0.6) is 0 Å². The van der Waals surface area contributed by atoms with Crippen molar-refractivity contribution in [1.82, 2.24) is 14.5 Å². The predicted octanol–water partition coefficient (Wildman–Crippen LogP) is 5.09. The van der Waals surface area contributed by atoms with Crippen LogP contribution in [0.25, 0.3) is 11.0 Å². The molecule has 0 bridgehead atoms. The summed E-state index contributed by atoms with van der Waals surface area (Å²) in [6.07, 6.45) is 2.34. The van der Waals surface area contributed by atoms with E-state index < -0.39 is 23.9 Å². The van der Waals surface area contributed by atoms with E-state index in [9.17, 15) is 9.59 Å². The molecule has 1 amide bonds. The van der Waals surface area contributed by atoms with Crippen molar-refractivity contribution in [2.45, 2.75) is 104 Å². The van der Waals surface area contributed by atoms with Gasteiger partial charge in [-0.1, -0.05) is 19.4 Å². The molecule has 2 saturated heterocycles. The molecular formula is C27H40BN3O5. The number of ether oxygens (including phenoxy) is 1. The highest BCUT2D eigenvalue weighted by molar-refractivity contribution is 6.62. The van der Waals surface area contributed by atoms with E-state index in [1.807, 2.05) is 66.7 Å². The minimum absolute atomic E-state index is 0.150. The lowest BCUT2D eigenvalue weighted by molar-refractivity contribution is -0.00305. The first-order valence-corrected chi connectivity index (χ1v) is 13.0. The van der Waals surface area contributed by atoms with Crippen LogP contribution < -0.4 is 5.46 Å². The fraction of sp³-hybridized carbons (Fsp3) is 0.667. The third-order valence-electron chi connectivity index (χ3n) is 7.72. The normalized spacial score (nSPS) is 23.8. The Hall–Kier alpha value is -2.39. The molecule has 1 aromatic heterocycles.